The molecule has 1 unspecified atom stereocenters. The summed E-state index contributed by atoms with van der Waals surface area (Å²) in [5, 5.41) is 1.82. The van der Waals surface area contributed by atoms with Crippen LogP contribution in [0.5, 0.6) is 11.5 Å². The Morgan fingerprint density at radius 3 is 2.59 bits per heavy atom. The highest BCUT2D eigenvalue weighted by Gasteiger charge is 2.36. The summed E-state index contributed by atoms with van der Waals surface area (Å²) in [5.74, 6) is 0.676. The van der Waals surface area contributed by atoms with Gasteiger partial charge in [0.2, 0.25) is 0 Å². The molecule has 1 aliphatic rings. The van der Waals surface area contributed by atoms with E-state index in [2.05, 4.69) is 38.4 Å². The number of benzene rings is 3. The van der Waals surface area contributed by atoms with Crippen LogP contribution in [0.3, 0.4) is 0 Å². The molecule has 0 bridgehead atoms. The number of ether oxygens (including phenoxy) is 3. The molecule has 4 aromatic rings. The second-order valence-corrected chi connectivity index (χ2v) is 11.8. The van der Waals surface area contributed by atoms with Gasteiger partial charge in [-0.05, 0) is 86.3 Å². The number of rotatable bonds is 8. The van der Waals surface area contributed by atoms with Crippen LogP contribution in [0.2, 0.25) is 0 Å². The van der Waals surface area contributed by atoms with Gasteiger partial charge < -0.3 is 14.2 Å². The van der Waals surface area contributed by atoms with Gasteiger partial charge in [0.15, 0.2) is 4.80 Å². The number of aromatic nitrogens is 1. The van der Waals surface area contributed by atoms with Gasteiger partial charge in [-0.2, -0.15) is 0 Å². The number of carbonyl (C=O) groups excluding carboxylic acids is 1. The van der Waals surface area contributed by atoms with E-state index < -0.39 is 12.0 Å². The highest BCUT2D eigenvalue weighted by Crippen LogP contribution is 2.40. The third-order valence-electron chi connectivity index (χ3n) is 6.60. The first-order chi connectivity index (χ1) is 19.8. The van der Waals surface area contributed by atoms with Gasteiger partial charge in [-0.1, -0.05) is 54.3 Å². The van der Waals surface area contributed by atoms with Gasteiger partial charge in [0, 0.05) is 5.56 Å². The van der Waals surface area contributed by atoms with E-state index in [1.54, 1.807) is 37.7 Å². The molecule has 0 N–H and O–H groups in total. The van der Waals surface area contributed by atoms with E-state index in [9.17, 15) is 9.59 Å². The smallest absolute Gasteiger partial charge is 0.338 e. The number of nitrogens with zero attached hydrogens (tertiary/aromatic N) is 2. The van der Waals surface area contributed by atoms with Crippen LogP contribution in [-0.2, 0) is 9.53 Å². The first-order valence-electron chi connectivity index (χ1n) is 12.8. The molecule has 0 saturated carbocycles. The fourth-order valence-electron chi connectivity index (χ4n) is 4.89. The molecule has 210 valence electrons. The van der Waals surface area contributed by atoms with Crippen LogP contribution in [0.25, 0.3) is 16.8 Å². The van der Waals surface area contributed by atoms with Crippen molar-refractivity contribution < 1.29 is 19.0 Å². The third kappa shape index (κ3) is 5.43. The second kappa shape index (κ2) is 12.2. The molecule has 0 radical (unpaired) electrons. The standard InChI is InChI=1S/C31H26Br2N2O5S/c1-5-13-40-28-21(32)14-18(15-22(28)33)16-24-29(36)35-27(25(30(37)39-6-2)17(3)34-31(35)41-24)26-20-10-8-7-9-19(20)11-12-23(26)38-4/h5,7-12,14-16,27H,1,6,13H2,2-4H3/b24-16+. The Hall–Kier alpha value is -3.47. The summed E-state index contributed by atoms with van der Waals surface area (Å²) in [5.41, 5.74) is 1.99. The average Bonchev–Trinajstić information content (AvgIpc) is 3.25. The molecule has 0 spiro atoms. The Morgan fingerprint density at radius 1 is 1.17 bits per heavy atom. The van der Waals surface area contributed by atoms with Crippen molar-refractivity contribution in [2.24, 2.45) is 4.99 Å². The Labute approximate surface area is 257 Å². The molecule has 1 aliphatic heterocycles. The van der Waals surface area contributed by atoms with Crippen LogP contribution in [-0.4, -0.2) is 30.9 Å². The second-order valence-electron chi connectivity index (χ2n) is 9.12. The number of hydrogen-bond donors (Lipinski definition) is 0. The maximum Gasteiger partial charge on any atom is 0.338 e. The van der Waals surface area contributed by atoms with E-state index in [1.807, 2.05) is 48.5 Å². The molecule has 5 rings (SSSR count). The molecule has 3 aromatic carbocycles. The Kier molecular flexibility index (Phi) is 8.63. The van der Waals surface area contributed by atoms with Crippen molar-refractivity contribution in [3.05, 3.63) is 112 Å². The monoisotopic (exact) mass is 696 g/mol. The van der Waals surface area contributed by atoms with Crippen LogP contribution in [0.1, 0.15) is 31.0 Å². The molecule has 1 aromatic heterocycles. The minimum absolute atomic E-state index is 0.190. The summed E-state index contributed by atoms with van der Waals surface area (Å²) >= 11 is 8.39. The molecule has 0 amide bonds. The van der Waals surface area contributed by atoms with Crippen molar-refractivity contribution in [1.82, 2.24) is 4.57 Å². The van der Waals surface area contributed by atoms with E-state index in [1.165, 1.54) is 11.3 Å². The Bertz CT molecular complexity index is 1880. The van der Waals surface area contributed by atoms with Gasteiger partial charge in [0.05, 0.1) is 38.5 Å². The molecule has 0 fully saturated rings. The van der Waals surface area contributed by atoms with Gasteiger partial charge >= 0.3 is 5.97 Å². The minimum atomic E-state index is -0.804. The lowest BCUT2D eigenvalue weighted by atomic mass is 9.90. The van der Waals surface area contributed by atoms with E-state index >= 15 is 0 Å². The molecule has 1 atom stereocenters. The predicted molar refractivity (Wildman–Crippen MR) is 168 cm³/mol. The molecular formula is C31H26Br2N2O5S. The molecule has 41 heavy (non-hydrogen) atoms. The third-order valence-corrected chi connectivity index (χ3v) is 8.77. The number of hydrogen-bond acceptors (Lipinski definition) is 7. The van der Waals surface area contributed by atoms with Gasteiger partial charge in [0.1, 0.15) is 24.1 Å². The summed E-state index contributed by atoms with van der Waals surface area (Å²) < 4.78 is 20.5. The topological polar surface area (TPSA) is 79.1 Å². The van der Waals surface area contributed by atoms with Crippen LogP contribution >= 0.6 is 43.2 Å². The van der Waals surface area contributed by atoms with Crippen molar-refractivity contribution >= 4 is 66.0 Å². The zero-order valence-electron chi connectivity index (χ0n) is 22.6. The van der Waals surface area contributed by atoms with Gasteiger partial charge in [-0.25, -0.2) is 9.79 Å². The number of carbonyl (C=O) groups is 1. The van der Waals surface area contributed by atoms with Gasteiger partial charge in [0.25, 0.3) is 5.56 Å². The first-order valence-corrected chi connectivity index (χ1v) is 15.2. The fraction of sp³-hybridized carbons (Fsp3) is 0.194. The SMILES string of the molecule is C=CCOc1c(Br)cc(/C=c2/sc3n(c2=O)C(c2c(OC)ccc4ccccc24)C(C(=O)OCC)=C(C)N=3)cc1Br. The highest BCUT2D eigenvalue weighted by atomic mass is 79.9. The molecule has 0 aliphatic carbocycles. The van der Waals surface area contributed by atoms with E-state index in [0.717, 1.165) is 25.3 Å². The lowest BCUT2D eigenvalue weighted by Crippen LogP contribution is -2.40. The molecule has 0 saturated heterocycles. The number of halogens is 2. The summed E-state index contributed by atoms with van der Waals surface area (Å²) in [7, 11) is 1.58. The van der Waals surface area contributed by atoms with Crippen molar-refractivity contribution in [2.75, 3.05) is 20.3 Å². The van der Waals surface area contributed by atoms with Crippen molar-refractivity contribution in [3.8, 4) is 11.5 Å². The van der Waals surface area contributed by atoms with Crippen molar-refractivity contribution in [2.45, 2.75) is 19.9 Å². The van der Waals surface area contributed by atoms with Crippen LogP contribution in [0.15, 0.2) is 91.2 Å². The summed E-state index contributed by atoms with van der Waals surface area (Å²) in [6.07, 6.45) is 3.47. The lowest BCUT2D eigenvalue weighted by Gasteiger charge is -2.27. The zero-order valence-corrected chi connectivity index (χ0v) is 26.6. The van der Waals surface area contributed by atoms with E-state index in [-0.39, 0.29) is 12.2 Å². The fourth-order valence-corrected chi connectivity index (χ4v) is 7.39. The molecular weight excluding hydrogens is 672 g/mol. The van der Waals surface area contributed by atoms with Gasteiger partial charge in [-0.3, -0.25) is 9.36 Å². The van der Waals surface area contributed by atoms with Crippen LogP contribution in [0.4, 0.5) is 0 Å². The summed E-state index contributed by atoms with van der Waals surface area (Å²) in [4.78, 5) is 32.7. The first kappa shape index (κ1) is 29.0. The van der Waals surface area contributed by atoms with E-state index in [0.29, 0.717) is 44.3 Å². The van der Waals surface area contributed by atoms with E-state index in [4.69, 9.17) is 19.2 Å². The van der Waals surface area contributed by atoms with Gasteiger partial charge in [-0.15, -0.1) is 0 Å². The molecule has 7 nitrogen and oxygen atoms in total. The molecule has 10 heteroatoms. The predicted octanol–water partition coefficient (Wildman–Crippen LogP) is 6.05. The number of thiazole rings is 1. The largest absolute Gasteiger partial charge is 0.496 e. The number of methoxy groups -OCH3 is 1. The Morgan fingerprint density at radius 2 is 1.90 bits per heavy atom. The van der Waals surface area contributed by atoms with Crippen molar-refractivity contribution in [1.29, 1.82) is 0 Å². The summed E-state index contributed by atoms with van der Waals surface area (Å²) in [6.45, 7) is 7.76. The Balaban J connectivity index is 1.77. The zero-order chi connectivity index (χ0) is 29.3. The summed E-state index contributed by atoms with van der Waals surface area (Å²) in [6, 6.07) is 14.6. The maximum absolute atomic E-state index is 14.2. The average molecular weight is 698 g/mol. The highest BCUT2D eigenvalue weighted by molar-refractivity contribution is 9.11. The van der Waals surface area contributed by atoms with Crippen LogP contribution < -0.4 is 24.4 Å². The maximum atomic E-state index is 14.2. The number of fused-ring (bicyclic) bond motifs is 2. The van der Waals surface area contributed by atoms with Crippen LogP contribution in [0, 0.1) is 0 Å². The van der Waals surface area contributed by atoms with Crippen molar-refractivity contribution in [3.63, 3.8) is 0 Å². The lowest BCUT2D eigenvalue weighted by molar-refractivity contribution is -0.139. The number of allylic oxidation sites excluding steroid dienone is 1. The number of esters is 1. The normalized spacial score (nSPS) is 15.0. The quantitative estimate of drug-likeness (QED) is 0.166. The molecule has 2 heterocycles. The minimum Gasteiger partial charge on any atom is -0.496 e.